The van der Waals surface area contributed by atoms with Gasteiger partial charge in [-0.3, -0.25) is 9.59 Å². The molecule has 0 bridgehead atoms. The fraction of sp³-hybridized carbons (Fsp3) is 0.111. The quantitative estimate of drug-likeness (QED) is 0.585. The first-order valence-electron chi connectivity index (χ1n) is 7.07. The number of hydrogen-bond acceptors (Lipinski definition) is 2. The smallest absolute Gasteiger partial charge is 0.272 e. The topological polar surface area (TPSA) is 58.2 Å². The number of carbonyl (C=O) groups is 2. The maximum atomic E-state index is 12.5. The van der Waals surface area contributed by atoms with Crippen LogP contribution in [-0.4, -0.2) is 11.8 Å². The van der Waals surface area contributed by atoms with Crippen molar-refractivity contribution in [1.82, 2.24) is 5.32 Å². The highest BCUT2D eigenvalue weighted by atomic mass is 127. The van der Waals surface area contributed by atoms with Gasteiger partial charge in [-0.05, 0) is 64.9 Å². The molecule has 118 valence electrons. The first kappa shape index (κ1) is 17.2. The lowest BCUT2D eigenvalue weighted by Crippen LogP contribution is -2.29. The van der Waals surface area contributed by atoms with Gasteiger partial charge in [0.05, 0.1) is 0 Å². The molecule has 0 atom stereocenters. The van der Waals surface area contributed by atoms with Crippen molar-refractivity contribution >= 4 is 46.2 Å². The van der Waals surface area contributed by atoms with Gasteiger partial charge in [-0.25, -0.2) is 0 Å². The van der Waals surface area contributed by atoms with Crippen molar-refractivity contribution in [3.8, 4) is 0 Å². The molecule has 0 spiro atoms. The van der Waals surface area contributed by atoms with Crippen molar-refractivity contribution in [2.75, 3.05) is 5.32 Å². The minimum atomic E-state index is -0.353. The highest BCUT2D eigenvalue weighted by Gasteiger charge is 2.12. The molecule has 0 aliphatic heterocycles. The molecule has 4 nitrogen and oxygen atoms in total. The number of aryl methyl sites for hydroxylation is 1. The van der Waals surface area contributed by atoms with E-state index in [1.54, 1.807) is 6.08 Å². The van der Waals surface area contributed by atoms with Crippen LogP contribution in [0.25, 0.3) is 6.08 Å². The SMILES string of the molecule is CC(=O)N/C(=C/c1ccccc1)C(=O)Nc1ccc(I)cc1C. The molecule has 0 aromatic heterocycles. The molecule has 0 radical (unpaired) electrons. The van der Waals surface area contributed by atoms with Gasteiger partial charge < -0.3 is 10.6 Å². The van der Waals surface area contributed by atoms with Gasteiger partial charge >= 0.3 is 0 Å². The van der Waals surface area contributed by atoms with Crippen LogP contribution >= 0.6 is 22.6 Å². The fourth-order valence-corrected chi connectivity index (χ4v) is 2.67. The zero-order valence-corrected chi connectivity index (χ0v) is 15.0. The zero-order valence-electron chi connectivity index (χ0n) is 12.9. The van der Waals surface area contributed by atoms with Crippen LogP contribution in [0.4, 0.5) is 5.69 Å². The third-order valence-corrected chi connectivity index (χ3v) is 3.77. The molecular formula is C18H17IN2O2. The molecule has 0 unspecified atom stereocenters. The lowest BCUT2D eigenvalue weighted by molar-refractivity contribution is -0.120. The van der Waals surface area contributed by atoms with Gasteiger partial charge in [0, 0.05) is 16.2 Å². The van der Waals surface area contributed by atoms with E-state index in [1.165, 1.54) is 6.92 Å². The number of hydrogen-bond donors (Lipinski definition) is 2. The molecule has 2 aromatic rings. The molecule has 2 aromatic carbocycles. The fourth-order valence-electron chi connectivity index (χ4n) is 2.02. The van der Waals surface area contributed by atoms with E-state index in [9.17, 15) is 9.59 Å². The monoisotopic (exact) mass is 420 g/mol. The Morgan fingerprint density at radius 3 is 2.39 bits per heavy atom. The molecule has 2 N–H and O–H groups in total. The van der Waals surface area contributed by atoms with E-state index in [0.29, 0.717) is 0 Å². The first-order chi connectivity index (χ1) is 11.0. The van der Waals surface area contributed by atoms with Crippen molar-refractivity contribution in [3.05, 3.63) is 68.9 Å². The van der Waals surface area contributed by atoms with Crippen LogP contribution < -0.4 is 10.6 Å². The summed E-state index contributed by atoms with van der Waals surface area (Å²) in [4.78, 5) is 23.9. The van der Waals surface area contributed by atoms with Gasteiger partial charge in [-0.2, -0.15) is 0 Å². The summed E-state index contributed by atoms with van der Waals surface area (Å²) in [5.74, 6) is -0.643. The summed E-state index contributed by atoms with van der Waals surface area (Å²) in [5.41, 5.74) is 2.74. The first-order valence-corrected chi connectivity index (χ1v) is 8.15. The van der Waals surface area contributed by atoms with Crippen molar-refractivity contribution in [2.45, 2.75) is 13.8 Å². The molecule has 0 saturated carbocycles. The Kier molecular flexibility index (Phi) is 5.92. The van der Waals surface area contributed by atoms with Crippen molar-refractivity contribution in [1.29, 1.82) is 0 Å². The largest absolute Gasteiger partial charge is 0.322 e. The summed E-state index contributed by atoms with van der Waals surface area (Å²) >= 11 is 2.22. The highest BCUT2D eigenvalue weighted by Crippen LogP contribution is 2.18. The molecule has 0 heterocycles. The summed E-state index contributed by atoms with van der Waals surface area (Å²) in [5, 5.41) is 5.43. The second-order valence-electron chi connectivity index (χ2n) is 5.06. The van der Waals surface area contributed by atoms with Crippen LogP contribution in [0.15, 0.2) is 54.2 Å². The number of amides is 2. The number of rotatable bonds is 4. The molecule has 5 heteroatoms. The molecule has 0 fully saturated rings. The summed E-state index contributed by atoms with van der Waals surface area (Å²) in [6, 6.07) is 15.1. The average molecular weight is 420 g/mol. The van der Waals surface area contributed by atoms with Crippen LogP contribution in [0.5, 0.6) is 0 Å². The predicted octanol–water partition coefficient (Wildman–Crippen LogP) is 3.72. The number of anilines is 1. The normalized spacial score (nSPS) is 11.0. The van der Waals surface area contributed by atoms with Crippen LogP contribution in [0, 0.1) is 10.5 Å². The average Bonchev–Trinajstić information content (AvgIpc) is 2.50. The van der Waals surface area contributed by atoms with Gasteiger partial charge in [-0.1, -0.05) is 30.3 Å². The Morgan fingerprint density at radius 2 is 1.78 bits per heavy atom. The van der Waals surface area contributed by atoms with E-state index in [4.69, 9.17) is 0 Å². The molecule has 0 saturated heterocycles. The number of halogens is 1. The lowest BCUT2D eigenvalue weighted by Gasteiger charge is -2.12. The minimum absolute atomic E-state index is 0.210. The van der Waals surface area contributed by atoms with Crippen LogP contribution in [-0.2, 0) is 9.59 Å². The molecular weight excluding hydrogens is 403 g/mol. The van der Waals surface area contributed by atoms with E-state index in [2.05, 4.69) is 33.2 Å². The Morgan fingerprint density at radius 1 is 1.09 bits per heavy atom. The standard InChI is InChI=1S/C18H17IN2O2/c1-12-10-15(19)8-9-16(12)21-18(23)17(20-13(2)22)11-14-6-4-3-5-7-14/h3-11H,1-2H3,(H,20,22)(H,21,23)/b17-11+. The van der Waals surface area contributed by atoms with Gasteiger partial charge in [0.2, 0.25) is 5.91 Å². The predicted molar refractivity (Wildman–Crippen MR) is 101 cm³/mol. The minimum Gasteiger partial charge on any atom is -0.322 e. The summed E-state index contributed by atoms with van der Waals surface area (Å²) in [6.07, 6.45) is 1.65. The summed E-state index contributed by atoms with van der Waals surface area (Å²) in [7, 11) is 0. The molecule has 0 aliphatic carbocycles. The van der Waals surface area contributed by atoms with Gasteiger partial charge in [-0.15, -0.1) is 0 Å². The van der Waals surface area contributed by atoms with Crippen LogP contribution in [0.3, 0.4) is 0 Å². The van der Waals surface area contributed by atoms with E-state index in [1.807, 2.05) is 55.5 Å². The Labute approximate surface area is 149 Å². The van der Waals surface area contributed by atoms with Crippen molar-refractivity contribution < 1.29 is 9.59 Å². The molecule has 23 heavy (non-hydrogen) atoms. The van der Waals surface area contributed by atoms with Gasteiger partial charge in [0.25, 0.3) is 5.91 Å². The van der Waals surface area contributed by atoms with E-state index in [-0.39, 0.29) is 17.5 Å². The highest BCUT2D eigenvalue weighted by molar-refractivity contribution is 14.1. The van der Waals surface area contributed by atoms with Crippen molar-refractivity contribution in [3.63, 3.8) is 0 Å². The van der Waals surface area contributed by atoms with E-state index < -0.39 is 0 Å². The van der Waals surface area contributed by atoms with Crippen LogP contribution in [0.2, 0.25) is 0 Å². The lowest BCUT2D eigenvalue weighted by atomic mass is 10.1. The molecule has 2 amide bonds. The molecule has 0 aliphatic rings. The third-order valence-electron chi connectivity index (χ3n) is 3.10. The zero-order chi connectivity index (χ0) is 16.8. The number of carbonyl (C=O) groups excluding carboxylic acids is 2. The third kappa shape index (κ3) is 5.21. The van der Waals surface area contributed by atoms with Gasteiger partial charge in [0.15, 0.2) is 0 Å². The van der Waals surface area contributed by atoms with E-state index >= 15 is 0 Å². The second kappa shape index (κ2) is 7.92. The van der Waals surface area contributed by atoms with Gasteiger partial charge in [0.1, 0.15) is 5.70 Å². The summed E-state index contributed by atoms with van der Waals surface area (Å²) < 4.78 is 1.10. The summed E-state index contributed by atoms with van der Waals surface area (Å²) in [6.45, 7) is 3.30. The number of nitrogens with one attached hydrogen (secondary N) is 2. The Balaban J connectivity index is 2.26. The maximum Gasteiger partial charge on any atom is 0.272 e. The maximum absolute atomic E-state index is 12.5. The Bertz CT molecular complexity index is 755. The van der Waals surface area contributed by atoms with Crippen LogP contribution in [0.1, 0.15) is 18.1 Å². The second-order valence-corrected chi connectivity index (χ2v) is 6.31. The van der Waals surface area contributed by atoms with Crippen molar-refractivity contribution in [2.24, 2.45) is 0 Å². The molecule has 2 rings (SSSR count). The number of benzene rings is 2. The van der Waals surface area contributed by atoms with E-state index in [0.717, 1.165) is 20.4 Å². The Hall–Kier alpha value is -2.15.